The molecule has 4 aromatic rings. The second kappa shape index (κ2) is 7.89. The maximum atomic E-state index is 13.2. The third-order valence-corrected chi connectivity index (χ3v) is 6.60. The molecule has 6 rings (SSSR count). The average molecular weight is 462 g/mol. The number of carbonyl (C=O) groups is 1. The van der Waals surface area contributed by atoms with Crippen molar-refractivity contribution in [2.45, 2.75) is 25.2 Å². The fraction of sp³-hybridized carbons (Fsp3) is 0.375. The summed E-state index contributed by atoms with van der Waals surface area (Å²) in [4.78, 5) is 30.1. The van der Waals surface area contributed by atoms with Crippen molar-refractivity contribution in [3.8, 4) is 11.4 Å². The number of halogens is 1. The Morgan fingerprint density at radius 2 is 1.79 bits per heavy atom. The largest absolute Gasteiger partial charge is 0.422 e. The summed E-state index contributed by atoms with van der Waals surface area (Å²) in [6.07, 6.45) is 1.46. The van der Waals surface area contributed by atoms with Crippen molar-refractivity contribution >= 4 is 23.2 Å². The Morgan fingerprint density at radius 3 is 2.50 bits per heavy atom. The number of aryl methyl sites for hydroxylation is 1. The quantitative estimate of drug-likeness (QED) is 0.444. The number of hydrogen-bond donors (Lipinski definition) is 0. The van der Waals surface area contributed by atoms with Crippen LogP contribution >= 0.6 is 0 Å². The van der Waals surface area contributed by atoms with Crippen LogP contribution in [-0.4, -0.2) is 63.8 Å². The van der Waals surface area contributed by atoms with Crippen LogP contribution in [0, 0.1) is 6.92 Å². The number of rotatable bonds is 5. The van der Waals surface area contributed by atoms with Gasteiger partial charge in [-0.05, 0) is 44.0 Å². The van der Waals surface area contributed by atoms with E-state index in [-0.39, 0.29) is 5.91 Å². The van der Waals surface area contributed by atoms with Gasteiger partial charge >= 0.3 is 0 Å². The van der Waals surface area contributed by atoms with E-state index in [0.29, 0.717) is 60.7 Å². The first-order chi connectivity index (χ1) is 16.5. The Hall–Kier alpha value is -3.82. The smallest absolute Gasteiger partial charge is 0.300 e. The number of carbonyl (C=O) groups excluding carboxylic acids is 1. The lowest BCUT2D eigenvalue weighted by molar-refractivity contribution is 0.0745. The minimum Gasteiger partial charge on any atom is -0.422 e. The Kier molecular flexibility index (Phi) is 4.82. The number of nitrogens with zero attached hydrogens (tertiary/aromatic N) is 6. The molecular formula is C24H23FN6O3. The SMILES string of the molecule is Cc1ccc2oc(N3CCN(C(=O)c4ccc(-c5noc(C6(CF)CC6)n5)cc4)CC3)nc2n1. The third kappa shape index (κ3) is 3.59. The minimum atomic E-state index is -0.587. The van der Waals surface area contributed by atoms with Gasteiger partial charge in [0.15, 0.2) is 5.58 Å². The van der Waals surface area contributed by atoms with Crippen LogP contribution in [0.25, 0.3) is 22.6 Å². The van der Waals surface area contributed by atoms with Gasteiger partial charge in [-0.1, -0.05) is 17.3 Å². The second-order valence-corrected chi connectivity index (χ2v) is 8.96. The lowest BCUT2D eigenvalue weighted by Gasteiger charge is -2.33. The second-order valence-electron chi connectivity index (χ2n) is 8.96. The summed E-state index contributed by atoms with van der Waals surface area (Å²) >= 11 is 0. The van der Waals surface area contributed by atoms with E-state index in [1.807, 2.05) is 28.9 Å². The topological polar surface area (TPSA) is 101 Å². The monoisotopic (exact) mass is 462 g/mol. The molecule has 0 bridgehead atoms. The van der Waals surface area contributed by atoms with Crippen molar-refractivity contribution in [2.24, 2.45) is 0 Å². The van der Waals surface area contributed by atoms with E-state index < -0.39 is 12.1 Å². The molecule has 1 saturated carbocycles. The molecule has 2 aliphatic rings. The number of piperazine rings is 1. The molecule has 0 N–H and O–H groups in total. The van der Waals surface area contributed by atoms with Gasteiger partial charge in [-0.2, -0.15) is 9.97 Å². The summed E-state index contributed by atoms with van der Waals surface area (Å²) in [6, 6.07) is 11.4. The van der Waals surface area contributed by atoms with Crippen LogP contribution in [0.2, 0.25) is 0 Å². The maximum absolute atomic E-state index is 13.2. The fourth-order valence-corrected chi connectivity index (χ4v) is 4.19. The molecule has 4 heterocycles. The summed E-state index contributed by atoms with van der Waals surface area (Å²) in [5, 5.41) is 3.99. The molecule has 1 aliphatic heterocycles. The van der Waals surface area contributed by atoms with Crippen LogP contribution in [0.3, 0.4) is 0 Å². The number of fused-ring (bicyclic) bond motifs is 1. The Labute approximate surface area is 194 Å². The molecule has 1 aliphatic carbocycles. The zero-order valence-electron chi connectivity index (χ0n) is 18.7. The van der Waals surface area contributed by atoms with Gasteiger partial charge < -0.3 is 18.7 Å². The molecule has 10 heteroatoms. The maximum Gasteiger partial charge on any atom is 0.300 e. The van der Waals surface area contributed by atoms with Crippen LogP contribution < -0.4 is 4.90 Å². The number of alkyl halides is 1. The number of anilines is 1. The van der Waals surface area contributed by atoms with Gasteiger partial charge in [0, 0.05) is 43.0 Å². The highest BCUT2D eigenvalue weighted by Crippen LogP contribution is 2.48. The Morgan fingerprint density at radius 1 is 1.03 bits per heavy atom. The molecule has 9 nitrogen and oxygen atoms in total. The Balaban J connectivity index is 1.10. The molecule has 1 aromatic carbocycles. The number of amides is 1. The van der Waals surface area contributed by atoms with E-state index in [0.717, 1.165) is 24.1 Å². The first-order valence-electron chi connectivity index (χ1n) is 11.3. The molecule has 0 radical (unpaired) electrons. The highest BCUT2D eigenvalue weighted by atomic mass is 19.1. The molecule has 3 aromatic heterocycles. The molecule has 174 valence electrons. The normalized spacial score (nSPS) is 17.4. The van der Waals surface area contributed by atoms with Crippen LogP contribution in [0.15, 0.2) is 45.3 Å². The van der Waals surface area contributed by atoms with Crippen LogP contribution in [0.5, 0.6) is 0 Å². The zero-order valence-corrected chi connectivity index (χ0v) is 18.7. The number of benzene rings is 1. The van der Waals surface area contributed by atoms with Crippen LogP contribution in [0.1, 0.15) is 34.8 Å². The summed E-state index contributed by atoms with van der Waals surface area (Å²) < 4.78 is 24.4. The lowest BCUT2D eigenvalue weighted by Crippen LogP contribution is -2.48. The van der Waals surface area contributed by atoms with Crippen molar-refractivity contribution in [3.05, 3.63) is 53.5 Å². The van der Waals surface area contributed by atoms with E-state index in [1.54, 1.807) is 24.3 Å². The summed E-state index contributed by atoms with van der Waals surface area (Å²) in [5.74, 6) is 0.724. The first kappa shape index (κ1) is 20.8. The van der Waals surface area contributed by atoms with Crippen molar-refractivity contribution < 1.29 is 18.1 Å². The van der Waals surface area contributed by atoms with Gasteiger partial charge in [-0.3, -0.25) is 4.79 Å². The number of pyridine rings is 1. The van der Waals surface area contributed by atoms with Crippen LogP contribution in [0.4, 0.5) is 10.4 Å². The average Bonchev–Trinajstić information content (AvgIpc) is 3.31. The van der Waals surface area contributed by atoms with Gasteiger partial charge in [-0.15, -0.1) is 0 Å². The summed E-state index contributed by atoms with van der Waals surface area (Å²) in [5.41, 5.74) is 2.87. The summed E-state index contributed by atoms with van der Waals surface area (Å²) in [6.45, 7) is 3.80. The predicted molar refractivity (Wildman–Crippen MR) is 121 cm³/mol. The molecule has 2 fully saturated rings. The molecular weight excluding hydrogens is 439 g/mol. The van der Waals surface area contributed by atoms with Crippen molar-refractivity contribution in [2.75, 3.05) is 37.8 Å². The highest BCUT2D eigenvalue weighted by Gasteiger charge is 2.49. The minimum absolute atomic E-state index is 0.0378. The van der Waals surface area contributed by atoms with Crippen LogP contribution in [-0.2, 0) is 5.41 Å². The van der Waals surface area contributed by atoms with Gasteiger partial charge in [-0.25, -0.2) is 9.37 Å². The van der Waals surface area contributed by atoms with E-state index in [9.17, 15) is 9.18 Å². The van der Waals surface area contributed by atoms with Gasteiger partial charge in [0.05, 0.1) is 5.41 Å². The lowest BCUT2D eigenvalue weighted by atomic mass is 10.1. The van der Waals surface area contributed by atoms with E-state index in [2.05, 4.69) is 20.1 Å². The summed E-state index contributed by atoms with van der Waals surface area (Å²) in [7, 11) is 0. The number of hydrogen-bond acceptors (Lipinski definition) is 8. The molecule has 0 unspecified atom stereocenters. The molecule has 1 saturated heterocycles. The van der Waals surface area contributed by atoms with Gasteiger partial charge in [0.2, 0.25) is 17.4 Å². The molecule has 1 amide bonds. The molecule has 0 spiro atoms. The zero-order chi connectivity index (χ0) is 23.3. The fourth-order valence-electron chi connectivity index (χ4n) is 4.19. The number of aromatic nitrogens is 4. The van der Waals surface area contributed by atoms with Crippen molar-refractivity contribution in [1.29, 1.82) is 0 Å². The Bertz CT molecular complexity index is 1350. The van der Waals surface area contributed by atoms with Crippen molar-refractivity contribution in [3.63, 3.8) is 0 Å². The highest BCUT2D eigenvalue weighted by molar-refractivity contribution is 5.94. The number of oxazole rings is 1. The first-order valence-corrected chi connectivity index (χ1v) is 11.3. The van der Waals surface area contributed by atoms with Gasteiger partial charge in [0.1, 0.15) is 6.67 Å². The third-order valence-electron chi connectivity index (χ3n) is 6.60. The predicted octanol–water partition coefficient (Wildman–Crippen LogP) is 3.54. The standard InChI is InChI=1S/C24H23FN6O3/c1-15-2-7-18-20(26-15)28-23(33-18)31-12-10-30(11-13-31)21(32)17-5-3-16(4-6-17)19-27-22(34-29-19)24(14-25)8-9-24/h2-7H,8-14H2,1H3. The van der Waals surface area contributed by atoms with E-state index in [1.165, 1.54) is 0 Å². The van der Waals surface area contributed by atoms with Gasteiger partial charge in [0.25, 0.3) is 11.9 Å². The molecule has 0 atom stereocenters. The van der Waals surface area contributed by atoms with Crippen molar-refractivity contribution in [1.82, 2.24) is 25.0 Å². The van der Waals surface area contributed by atoms with E-state index >= 15 is 0 Å². The molecule has 34 heavy (non-hydrogen) atoms. The van der Waals surface area contributed by atoms with E-state index in [4.69, 9.17) is 8.94 Å².